The van der Waals surface area contributed by atoms with Gasteiger partial charge >= 0.3 is 11.0 Å². The lowest BCUT2D eigenvalue weighted by atomic mass is 10.0. The Hall–Kier alpha value is -6.57. The third-order valence-corrected chi connectivity index (χ3v) is 16.1. The van der Waals surface area contributed by atoms with Crippen LogP contribution in [0.4, 0.5) is 26.3 Å². The van der Waals surface area contributed by atoms with Gasteiger partial charge in [-0.3, -0.25) is 0 Å². The highest BCUT2D eigenvalue weighted by molar-refractivity contribution is 7.99. The molecule has 1 atom stereocenters. The number of hydrogen-bond donors (Lipinski definition) is 0. The average Bonchev–Trinajstić information content (AvgIpc) is 3.38. The maximum Gasteiger partial charge on any atom is 0.485 e. The molecule has 17 heteroatoms. The van der Waals surface area contributed by atoms with Gasteiger partial charge in [-0.1, -0.05) is 157 Å². The van der Waals surface area contributed by atoms with Crippen LogP contribution < -0.4 is 0 Å². The molecule has 0 spiro atoms. The van der Waals surface area contributed by atoms with Crippen LogP contribution in [0.1, 0.15) is 0 Å². The van der Waals surface area contributed by atoms with E-state index in [1.807, 2.05) is 11.8 Å². The van der Waals surface area contributed by atoms with E-state index in [9.17, 15) is 26.3 Å². The highest BCUT2D eigenvalue weighted by atomic mass is 32.2. The summed E-state index contributed by atoms with van der Waals surface area (Å²) in [6, 6.07) is 86.0. The topological polar surface area (TPSA) is 114 Å². The Morgan fingerprint density at radius 1 is 0.384 bits per heavy atom. The molecule has 372 valence electrons. The predicted octanol–water partition coefficient (Wildman–Crippen LogP) is 14.9. The van der Waals surface area contributed by atoms with Gasteiger partial charge in [-0.05, 0) is 124 Å². The molecule has 9 aromatic carbocycles. The van der Waals surface area contributed by atoms with E-state index in [-0.39, 0.29) is 10.9 Å². The molecule has 0 aliphatic rings. The molecule has 0 saturated carbocycles. The second kappa shape index (κ2) is 24.0. The largest absolute Gasteiger partial charge is 0.741 e. The van der Waals surface area contributed by atoms with Gasteiger partial charge < -0.3 is 9.11 Å². The lowest BCUT2D eigenvalue weighted by Crippen LogP contribution is -2.21. The number of thiol groups is 1. The van der Waals surface area contributed by atoms with Crippen LogP contribution in [0.5, 0.6) is 0 Å². The second-order valence-corrected chi connectivity index (χ2v) is 22.6. The van der Waals surface area contributed by atoms with Gasteiger partial charge in [0.25, 0.3) is 0 Å². The van der Waals surface area contributed by atoms with Gasteiger partial charge in [0, 0.05) is 33.2 Å². The summed E-state index contributed by atoms with van der Waals surface area (Å²) in [5.41, 5.74) is -1.39. The van der Waals surface area contributed by atoms with Crippen LogP contribution in [0.3, 0.4) is 0 Å². The zero-order chi connectivity index (χ0) is 52.2. The van der Waals surface area contributed by atoms with Gasteiger partial charge in [0.15, 0.2) is 44.7 Å². The number of rotatable bonds is 11. The number of hydrogen-bond acceptors (Lipinski definition) is 7. The van der Waals surface area contributed by atoms with Crippen LogP contribution in [0.15, 0.2) is 271 Å². The van der Waals surface area contributed by atoms with Crippen molar-refractivity contribution in [1.82, 2.24) is 0 Å². The third-order valence-electron chi connectivity index (χ3n) is 10.5. The Labute approximate surface area is 430 Å². The van der Waals surface area contributed by atoms with Crippen molar-refractivity contribution in [2.24, 2.45) is 0 Å². The zero-order valence-corrected chi connectivity index (χ0v) is 42.0. The monoisotopic (exact) mass is 1080 g/mol. The number of alkyl halides is 6. The van der Waals surface area contributed by atoms with Crippen molar-refractivity contribution in [3.63, 3.8) is 0 Å². The first-order chi connectivity index (χ1) is 34.7. The van der Waals surface area contributed by atoms with Crippen LogP contribution in [-0.2, 0) is 42.9 Å². The smallest absolute Gasteiger partial charge is 0.485 e. The highest BCUT2D eigenvalue weighted by Crippen LogP contribution is 2.40. The molecular formula is C56H40F6O6S5. The summed E-state index contributed by atoms with van der Waals surface area (Å²) in [6.45, 7) is 0. The quantitative estimate of drug-likeness (QED) is 0.0417. The Bertz CT molecular complexity index is 3400. The predicted molar refractivity (Wildman–Crippen MR) is 277 cm³/mol. The van der Waals surface area contributed by atoms with E-state index in [1.54, 1.807) is 0 Å². The first kappa shape index (κ1) is 54.2. The lowest BCUT2D eigenvalue weighted by Gasteiger charge is -2.12. The fourth-order valence-corrected chi connectivity index (χ4v) is 11.4. The van der Waals surface area contributed by atoms with Crippen molar-refractivity contribution in [2.75, 3.05) is 0 Å². The Kier molecular flexibility index (Phi) is 17.8. The minimum Gasteiger partial charge on any atom is -0.741 e. The SMILES string of the molecule is O=S(=O)([O-])C(F)(F)F.O=S(=O)([O-])C(F)(F)F.c1ccc(-c2ccc(-c3ccccc3[SH+]c3ccc(-c4ccccc4)c(Sc4ccc([S+](c5ccccc5)c5ccc(-c6ccccc6)cc5)cc4)c3)cc2)cc1. The molecule has 0 amide bonds. The first-order valence-electron chi connectivity index (χ1n) is 21.7. The van der Waals surface area contributed by atoms with Crippen molar-refractivity contribution in [2.45, 2.75) is 45.3 Å². The number of halogens is 6. The summed E-state index contributed by atoms with van der Waals surface area (Å²) in [5.74, 6) is 0. The molecule has 0 fully saturated rings. The molecule has 0 aliphatic heterocycles. The van der Waals surface area contributed by atoms with E-state index in [0.29, 0.717) is 0 Å². The average molecular weight is 1080 g/mol. The van der Waals surface area contributed by atoms with Crippen LogP contribution in [0, 0.1) is 0 Å². The van der Waals surface area contributed by atoms with Crippen molar-refractivity contribution < 1.29 is 52.3 Å². The van der Waals surface area contributed by atoms with Crippen LogP contribution >= 0.6 is 11.8 Å². The summed E-state index contributed by atoms with van der Waals surface area (Å²) in [4.78, 5) is 8.97. The Morgan fingerprint density at radius 2 is 0.726 bits per heavy atom. The first-order valence-corrected chi connectivity index (χ1v) is 27.4. The summed E-state index contributed by atoms with van der Waals surface area (Å²) >= 11 is 3.02. The molecule has 6 nitrogen and oxygen atoms in total. The second-order valence-electron chi connectivity index (χ2n) is 15.5. The molecule has 0 radical (unpaired) electrons. The summed E-state index contributed by atoms with van der Waals surface area (Å²) < 4.78 is 118. The van der Waals surface area contributed by atoms with E-state index < -0.39 is 31.3 Å². The van der Waals surface area contributed by atoms with Gasteiger partial charge in [-0.15, -0.1) is 0 Å². The highest BCUT2D eigenvalue weighted by Gasteiger charge is 2.37. The fourth-order valence-electron chi connectivity index (χ4n) is 7.10. The zero-order valence-electron chi connectivity index (χ0n) is 37.8. The molecule has 9 rings (SSSR count). The molecule has 1 unspecified atom stereocenters. The van der Waals surface area contributed by atoms with Gasteiger partial charge in [-0.25, -0.2) is 16.8 Å². The van der Waals surface area contributed by atoms with E-state index in [1.165, 1.54) is 90.5 Å². The van der Waals surface area contributed by atoms with E-state index in [0.717, 1.165) is 0 Å². The minimum absolute atomic E-state index is 0.234. The number of benzene rings is 9. The normalized spacial score (nSPS) is 12.1. The van der Waals surface area contributed by atoms with Crippen molar-refractivity contribution in [3.8, 4) is 44.5 Å². The lowest BCUT2D eigenvalue weighted by molar-refractivity contribution is -0.0522. The summed E-state index contributed by atoms with van der Waals surface area (Å²) in [5, 5.41) is 0. The molecular weight excluding hydrogens is 1040 g/mol. The Morgan fingerprint density at radius 3 is 1.19 bits per heavy atom. The summed E-state index contributed by atoms with van der Waals surface area (Å²) in [6.07, 6.45) is 0. The maximum atomic E-state index is 10.7. The molecule has 0 bridgehead atoms. The van der Waals surface area contributed by atoms with Crippen LogP contribution in [-0.4, -0.2) is 37.0 Å². The maximum absolute atomic E-state index is 10.7. The molecule has 0 aromatic heterocycles. The van der Waals surface area contributed by atoms with Crippen LogP contribution in [0.25, 0.3) is 44.5 Å². The van der Waals surface area contributed by atoms with Crippen molar-refractivity contribution in [3.05, 3.63) is 237 Å². The third kappa shape index (κ3) is 14.8. The Balaban J connectivity index is 0.000000422. The van der Waals surface area contributed by atoms with E-state index >= 15 is 0 Å². The van der Waals surface area contributed by atoms with Crippen LogP contribution in [0.2, 0.25) is 0 Å². The van der Waals surface area contributed by atoms with E-state index in [2.05, 4.69) is 237 Å². The minimum atomic E-state index is -6.09. The van der Waals surface area contributed by atoms with Crippen molar-refractivity contribution >= 4 is 54.7 Å². The van der Waals surface area contributed by atoms with Crippen molar-refractivity contribution in [1.29, 1.82) is 0 Å². The standard InChI is InChI=1S/C54H39S3.2CHF3O3S/c1-5-15-40(16-6-1)42-25-27-45(28-26-42)51-23-13-14-24-53(51)56-47-33-38-52(44-19-9-3-10-20-44)54(39-47)55-46-31-36-50(37-32-46)57(48-21-11-4-12-22-48)49-34-29-43(30-35-49)41-17-7-2-8-18-41;2*2-1(3,4)8(5,6)7/h1-39H;2*(H,5,6,7)/q+1;;/p-1. The van der Waals surface area contributed by atoms with Gasteiger partial charge in [0.2, 0.25) is 0 Å². The fraction of sp³-hybridized carbons (Fsp3) is 0.0357. The molecule has 9 aromatic rings. The van der Waals surface area contributed by atoms with Gasteiger partial charge in [0.1, 0.15) is 0 Å². The van der Waals surface area contributed by atoms with Gasteiger partial charge in [0.05, 0.1) is 10.9 Å². The van der Waals surface area contributed by atoms with Gasteiger partial charge in [-0.2, -0.15) is 26.3 Å². The summed E-state index contributed by atoms with van der Waals surface area (Å²) in [7, 11) is -12.4. The molecule has 0 heterocycles. The molecule has 0 saturated heterocycles. The molecule has 0 N–H and O–H groups in total. The molecule has 73 heavy (non-hydrogen) atoms. The molecule has 0 aliphatic carbocycles. The van der Waals surface area contributed by atoms with E-state index in [4.69, 9.17) is 25.9 Å².